The summed E-state index contributed by atoms with van der Waals surface area (Å²) >= 11 is 1.66. The number of hydrogen-bond acceptors (Lipinski definition) is 5. The quantitative estimate of drug-likeness (QED) is 0.453. The second kappa shape index (κ2) is 11.1. The smallest absolute Gasteiger partial charge is 0.306 e. The van der Waals surface area contributed by atoms with E-state index in [1.54, 1.807) is 11.8 Å². The number of rotatable bonds is 8. The van der Waals surface area contributed by atoms with Crippen LogP contribution < -0.4 is 4.74 Å². The van der Waals surface area contributed by atoms with Crippen LogP contribution in [0.25, 0.3) is 0 Å². The number of aliphatic hydroxyl groups excluding tert-OH is 1. The zero-order chi connectivity index (χ0) is 15.3. The molecule has 0 aliphatic carbocycles. The summed E-state index contributed by atoms with van der Waals surface area (Å²) in [5, 5.41) is 8.68. The number of thioether (sulfide) groups is 1. The van der Waals surface area contributed by atoms with Gasteiger partial charge in [0.25, 0.3) is 0 Å². The van der Waals surface area contributed by atoms with E-state index in [1.807, 2.05) is 24.3 Å². The molecule has 0 saturated carbocycles. The van der Waals surface area contributed by atoms with Gasteiger partial charge in [-0.2, -0.15) is 11.8 Å². The predicted octanol–water partition coefficient (Wildman–Crippen LogP) is 2.10. The van der Waals surface area contributed by atoms with Gasteiger partial charge in [-0.3, -0.25) is 4.79 Å². The number of ether oxygens (including phenoxy) is 2. The van der Waals surface area contributed by atoms with Gasteiger partial charge >= 0.3 is 5.97 Å². The van der Waals surface area contributed by atoms with Crippen LogP contribution in [0.3, 0.4) is 0 Å². The first-order valence-corrected chi connectivity index (χ1v) is 7.89. The Balaban J connectivity index is 2.25. The Hall–Kier alpha value is -1.64. The van der Waals surface area contributed by atoms with Crippen LogP contribution in [0.2, 0.25) is 0 Å². The third-order valence-corrected chi connectivity index (χ3v) is 3.43. The fourth-order valence-electron chi connectivity index (χ4n) is 1.46. The molecule has 0 amide bonds. The molecule has 0 fully saturated rings. The molecule has 0 saturated heterocycles. The number of carbonyl (C=O) groups is 1. The molecular formula is C16H20O4S. The predicted molar refractivity (Wildman–Crippen MR) is 84.5 cm³/mol. The molecule has 0 unspecified atom stereocenters. The normalized spacial score (nSPS) is 9.62. The molecule has 0 spiro atoms. The topological polar surface area (TPSA) is 55.8 Å². The highest BCUT2D eigenvalue weighted by atomic mass is 32.2. The fourth-order valence-corrected chi connectivity index (χ4v) is 2.18. The molecular weight excluding hydrogens is 288 g/mol. The van der Waals surface area contributed by atoms with E-state index in [9.17, 15) is 4.79 Å². The van der Waals surface area contributed by atoms with E-state index >= 15 is 0 Å². The summed E-state index contributed by atoms with van der Waals surface area (Å²) in [7, 11) is 1.40. The van der Waals surface area contributed by atoms with Crippen LogP contribution in [0.4, 0.5) is 0 Å². The monoisotopic (exact) mass is 308 g/mol. The highest BCUT2D eigenvalue weighted by Crippen LogP contribution is 2.13. The highest BCUT2D eigenvalue weighted by molar-refractivity contribution is 7.99. The van der Waals surface area contributed by atoms with E-state index < -0.39 is 0 Å². The van der Waals surface area contributed by atoms with Crippen molar-refractivity contribution < 1.29 is 19.4 Å². The van der Waals surface area contributed by atoms with Crippen LogP contribution in [-0.2, 0) is 9.53 Å². The molecule has 1 aromatic rings. The van der Waals surface area contributed by atoms with Gasteiger partial charge in [0.15, 0.2) is 0 Å². The van der Waals surface area contributed by atoms with Crippen molar-refractivity contribution in [1.82, 2.24) is 0 Å². The summed E-state index contributed by atoms with van der Waals surface area (Å²) in [5.74, 6) is 7.99. The molecule has 5 heteroatoms. The number of esters is 1. The van der Waals surface area contributed by atoms with Crippen LogP contribution in [0.5, 0.6) is 5.75 Å². The highest BCUT2D eigenvalue weighted by Gasteiger charge is 2.00. The number of methoxy groups -OCH3 is 1. The van der Waals surface area contributed by atoms with Crippen molar-refractivity contribution >= 4 is 17.7 Å². The first-order chi connectivity index (χ1) is 10.3. The Morgan fingerprint density at radius 2 is 2.24 bits per heavy atom. The molecule has 0 aliphatic heterocycles. The minimum absolute atomic E-state index is 0.0754. The Morgan fingerprint density at radius 3 is 3.00 bits per heavy atom. The maximum absolute atomic E-state index is 10.9. The molecule has 21 heavy (non-hydrogen) atoms. The van der Waals surface area contributed by atoms with Gasteiger partial charge in [0, 0.05) is 23.5 Å². The minimum Gasteiger partial charge on any atom is -0.493 e. The molecule has 0 bridgehead atoms. The van der Waals surface area contributed by atoms with Gasteiger partial charge in [-0.25, -0.2) is 0 Å². The minimum atomic E-state index is -0.183. The van der Waals surface area contributed by atoms with Crippen molar-refractivity contribution in [2.75, 3.05) is 31.8 Å². The molecule has 0 aromatic heterocycles. The summed E-state index contributed by atoms with van der Waals surface area (Å²) in [6.07, 6.45) is 0.902. The van der Waals surface area contributed by atoms with E-state index in [-0.39, 0.29) is 12.6 Å². The van der Waals surface area contributed by atoms with Crippen molar-refractivity contribution in [3.63, 3.8) is 0 Å². The van der Waals surface area contributed by atoms with E-state index in [0.29, 0.717) is 19.4 Å². The van der Waals surface area contributed by atoms with Crippen molar-refractivity contribution in [2.45, 2.75) is 12.8 Å². The van der Waals surface area contributed by atoms with Crippen LogP contribution in [0.1, 0.15) is 18.4 Å². The van der Waals surface area contributed by atoms with Gasteiger partial charge in [0.05, 0.1) is 26.7 Å². The first-order valence-electron chi connectivity index (χ1n) is 6.73. The molecule has 1 N–H and O–H groups in total. The number of hydrogen-bond donors (Lipinski definition) is 1. The van der Waals surface area contributed by atoms with E-state index in [4.69, 9.17) is 9.84 Å². The summed E-state index contributed by atoms with van der Waals surface area (Å²) in [5.41, 5.74) is 0.874. The van der Waals surface area contributed by atoms with Gasteiger partial charge in [-0.1, -0.05) is 17.9 Å². The third kappa shape index (κ3) is 8.28. The number of benzene rings is 1. The number of carbonyl (C=O) groups excluding carboxylic acids is 1. The van der Waals surface area contributed by atoms with E-state index in [1.165, 1.54) is 7.11 Å². The Kier molecular flexibility index (Phi) is 9.18. The molecule has 114 valence electrons. The second-order valence-corrected chi connectivity index (χ2v) is 5.31. The van der Waals surface area contributed by atoms with Gasteiger partial charge in [0.1, 0.15) is 5.75 Å². The van der Waals surface area contributed by atoms with Crippen LogP contribution >= 0.6 is 11.8 Å². The summed E-state index contributed by atoms with van der Waals surface area (Å²) in [4.78, 5) is 10.9. The average molecular weight is 308 g/mol. The summed E-state index contributed by atoms with van der Waals surface area (Å²) in [6, 6.07) is 7.56. The van der Waals surface area contributed by atoms with Crippen molar-refractivity contribution in [1.29, 1.82) is 0 Å². The average Bonchev–Trinajstić information content (AvgIpc) is 2.51. The molecule has 0 heterocycles. The summed E-state index contributed by atoms with van der Waals surface area (Å²) < 4.78 is 10.2. The molecule has 1 rings (SSSR count). The van der Waals surface area contributed by atoms with Crippen molar-refractivity contribution in [2.24, 2.45) is 0 Å². The lowest BCUT2D eigenvalue weighted by atomic mass is 10.2. The Labute approximate surface area is 129 Å². The summed E-state index contributed by atoms with van der Waals surface area (Å²) in [6.45, 7) is 0.658. The SMILES string of the molecule is COC(=O)CCSCCOc1cccc(C#CCCO)c1. The van der Waals surface area contributed by atoms with Gasteiger partial charge < -0.3 is 14.6 Å². The second-order valence-electron chi connectivity index (χ2n) is 4.09. The molecule has 4 nitrogen and oxygen atoms in total. The largest absolute Gasteiger partial charge is 0.493 e. The van der Waals surface area contributed by atoms with Crippen molar-refractivity contribution in [3.8, 4) is 17.6 Å². The van der Waals surface area contributed by atoms with Crippen LogP contribution in [-0.4, -0.2) is 42.9 Å². The maximum atomic E-state index is 10.9. The molecule has 0 radical (unpaired) electrons. The zero-order valence-electron chi connectivity index (χ0n) is 12.1. The van der Waals surface area contributed by atoms with Crippen LogP contribution in [0.15, 0.2) is 24.3 Å². The Bertz CT molecular complexity index is 491. The number of aliphatic hydroxyl groups is 1. The molecule has 0 atom stereocenters. The van der Waals surface area contributed by atoms with Gasteiger partial charge in [-0.15, -0.1) is 0 Å². The maximum Gasteiger partial charge on any atom is 0.306 e. The Morgan fingerprint density at radius 1 is 1.38 bits per heavy atom. The van der Waals surface area contributed by atoms with Crippen LogP contribution in [0, 0.1) is 11.8 Å². The third-order valence-electron chi connectivity index (χ3n) is 2.48. The standard InChI is InChI=1S/C16H20O4S/c1-19-16(18)8-11-21-12-10-20-15-7-4-6-14(13-15)5-2-3-9-17/h4,6-7,13,17H,3,8-12H2,1H3. The fraction of sp³-hybridized carbons (Fsp3) is 0.438. The lowest BCUT2D eigenvalue weighted by Gasteiger charge is -2.06. The first kappa shape index (κ1) is 17.4. The zero-order valence-corrected chi connectivity index (χ0v) is 12.9. The van der Waals surface area contributed by atoms with Gasteiger partial charge in [-0.05, 0) is 18.2 Å². The van der Waals surface area contributed by atoms with Gasteiger partial charge in [0.2, 0.25) is 0 Å². The lowest BCUT2D eigenvalue weighted by molar-refractivity contribution is -0.140. The van der Waals surface area contributed by atoms with Crippen molar-refractivity contribution in [3.05, 3.63) is 29.8 Å². The lowest BCUT2D eigenvalue weighted by Crippen LogP contribution is -2.04. The van der Waals surface area contributed by atoms with E-state index in [2.05, 4.69) is 16.6 Å². The molecule has 1 aromatic carbocycles. The molecule has 0 aliphatic rings. The van der Waals surface area contributed by atoms with E-state index in [0.717, 1.165) is 22.8 Å².